The van der Waals surface area contributed by atoms with Crippen molar-refractivity contribution in [3.63, 3.8) is 0 Å². The standard InChI is InChI=1S/C19H15F4NO4/c20-14-12(15(21)17(23)13(16(14)22)18(25)26)8-4-5-9-24-19(27)28-10-11-6-2-1-3-7-11/h1-4,6-8H,5,9-10H2,(H,24,27)(H,25,26). The molecular formula is C19H15F4NO4. The van der Waals surface area contributed by atoms with E-state index in [-0.39, 0.29) is 19.6 Å². The average molecular weight is 397 g/mol. The Morgan fingerprint density at radius 2 is 1.61 bits per heavy atom. The van der Waals surface area contributed by atoms with Crippen LogP contribution in [0.1, 0.15) is 27.9 Å². The van der Waals surface area contributed by atoms with Gasteiger partial charge in [-0.1, -0.05) is 42.5 Å². The third-order valence-electron chi connectivity index (χ3n) is 3.59. The van der Waals surface area contributed by atoms with Gasteiger partial charge in [-0.3, -0.25) is 0 Å². The molecule has 0 fully saturated rings. The van der Waals surface area contributed by atoms with E-state index in [4.69, 9.17) is 9.84 Å². The predicted molar refractivity (Wildman–Crippen MR) is 91.5 cm³/mol. The van der Waals surface area contributed by atoms with Gasteiger partial charge in [0.25, 0.3) is 0 Å². The second-order valence-corrected chi connectivity index (χ2v) is 5.53. The molecule has 0 aliphatic rings. The highest BCUT2D eigenvalue weighted by atomic mass is 19.2. The molecule has 0 unspecified atom stereocenters. The number of aromatic carboxylic acids is 1. The van der Waals surface area contributed by atoms with Crippen molar-refractivity contribution < 1.29 is 37.0 Å². The Morgan fingerprint density at radius 3 is 2.18 bits per heavy atom. The Kier molecular flexibility index (Phi) is 7.14. The lowest BCUT2D eigenvalue weighted by atomic mass is 10.1. The van der Waals surface area contributed by atoms with Gasteiger partial charge in [0.2, 0.25) is 0 Å². The molecule has 2 rings (SSSR count). The molecule has 9 heteroatoms. The van der Waals surface area contributed by atoms with E-state index in [1.165, 1.54) is 0 Å². The number of hydrogen-bond acceptors (Lipinski definition) is 3. The van der Waals surface area contributed by atoms with Gasteiger partial charge in [0.05, 0.1) is 5.56 Å². The Morgan fingerprint density at radius 1 is 1.00 bits per heavy atom. The molecule has 0 bridgehead atoms. The molecule has 0 aliphatic carbocycles. The Balaban J connectivity index is 1.89. The first-order valence-corrected chi connectivity index (χ1v) is 8.03. The van der Waals surface area contributed by atoms with Crippen molar-refractivity contribution in [2.45, 2.75) is 13.0 Å². The Hall–Kier alpha value is -3.36. The normalized spacial score (nSPS) is 10.9. The molecule has 5 nitrogen and oxygen atoms in total. The van der Waals surface area contributed by atoms with Crippen LogP contribution < -0.4 is 5.32 Å². The number of carbonyl (C=O) groups is 2. The molecule has 2 aromatic rings. The van der Waals surface area contributed by atoms with Crippen LogP contribution in [0.5, 0.6) is 0 Å². The van der Waals surface area contributed by atoms with Crippen molar-refractivity contribution in [3.05, 3.63) is 76.4 Å². The van der Waals surface area contributed by atoms with Gasteiger partial charge in [0.15, 0.2) is 23.3 Å². The van der Waals surface area contributed by atoms with Crippen molar-refractivity contribution in [2.24, 2.45) is 0 Å². The molecule has 0 atom stereocenters. The molecule has 0 saturated carbocycles. The largest absolute Gasteiger partial charge is 0.477 e. The number of alkyl carbamates (subject to hydrolysis) is 1. The van der Waals surface area contributed by atoms with Gasteiger partial charge in [-0.05, 0) is 12.0 Å². The Labute approximate surface area is 157 Å². The van der Waals surface area contributed by atoms with Crippen molar-refractivity contribution in [3.8, 4) is 0 Å². The van der Waals surface area contributed by atoms with E-state index in [9.17, 15) is 27.2 Å². The molecule has 0 spiro atoms. The number of benzene rings is 2. The van der Waals surface area contributed by atoms with Crippen LogP contribution >= 0.6 is 0 Å². The summed E-state index contributed by atoms with van der Waals surface area (Å²) in [6, 6.07) is 8.93. The number of halogens is 4. The maximum absolute atomic E-state index is 13.8. The van der Waals surface area contributed by atoms with Crippen LogP contribution in [0.3, 0.4) is 0 Å². The highest BCUT2D eigenvalue weighted by Crippen LogP contribution is 2.25. The molecule has 2 aromatic carbocycles. The number of carboxylic acid groups (broad SMARTS) is 1. The van der Waals surface area contributed by atoms with Crippen LogP contribution in [0, 0.1) is 23.3 Å². The quantitative estimate of drug-likeness (QED) is 0.416. The number of amides is 1. The number of ether oxygens (including phenoxy) is 1. The van der Waals surface area contributed by atoms with E-state index in [0.29, 0.717) is 0 Å². The van der Waals surface area contributed by atoms with Gasteiger partial charge < -0.3 is 15.2 Å². The highest BCUT2D eigenvalue weighted by molar-refractivity contribution is 5.88. The summed E-state index contributed by atoms with van der Waals surface area (Å²) in [6.45, 7) is 0.0962. The van der Waals surface area contributed by atoms with Gasteiger partial charge in [0, 0.05) is 6.54 Å². The van der Waals surface area contributed by atoms with Crippen LogP contribution in [-0.2, 0) is 11.3 Å². The SMILES string of the molecule is O=C(NCCC=Cc1c(F)c(F)c(C(=O)O)c(F)c1F)OCc1ccccc1. The fraction of sp³-hybridized carbons (Fsp3) is 0.158. The lowest BCUT2D eigenvalue weighted by molar-refractivity contribution is 0.0683. The van der Waals surface area contributed by atoms with E-state index in [0.717, 1.165) is 17.7 Å². The third-order valence-corrected chi connectivity index (χ3v) is 3.59. The van der Waals surface area contributed by atoms with Crippen LogP contribution in [-0.4, -0.2) is 23.7 Å². The molecule has 0 aromatic heterocycles. The van der Waals surface area contributed by atoms with E-state index < -0.39 is 46.5 Å². The molecule has 0 heterocycles. The summed E-state index contributed by atoms with van der Waals surface area (Å²) in [6.07, 6.45) is 1.29. The molecule has 0 saturated heterocycles. The minimum Gasteiger partial charge on any atom is -0.477 e. The summed E-state index contributed by atoms with van der Waals surface area (Å²) < 4.78 is 59.7. The maximum atomic E-state index is 13.8. The highest BCUT2D eigenvalue weighted by Gasteiger charge is 2.28. The second-order valence-electron chi connectivity index (χ2n) is 5.53. The first-order valence-electron chi connectivity index (χ1n) is 8.03. The van der Waals surface area contributed by atoms with Crippen molar-refractivity contribution in [2.75, 3.05) is 6.54 Å². The zero-order chi connectivity index (χ0) is 20.7. The lowest BCUT2D eigenvalue weighted by Crippen LogP contribution is -2.24. The molecule has 2 N–H and O–H groups in total. The van der Waals surface area contributed by atoms with Crippen LogP contribution in [0.4, 0.5) is 22.4 Å². The first-order chi connectivity index (χ1) is 13.3. The average Bonchev–Trinajstić information content (AvgIpc) is 2.67. The van der Waals surface area contributed by atoms with Crippen molar-refractivity contribution in [1.82, 2.24) is 5.32 Å². The molecular weight excluding hydrogens is 382 g/mol. The van der Waals surface area contributed by atoms with Gasteiger partial charge in [-0.2, -0.15) is 0 Å². The monoisotopic (exact) mass is 397 g/mol. The molecule has 0 radical (unpaired) electrons. The topological polar surface area (TPSA) is 75.6 Å². The second kappa shape index (κ2) is 9.54. The summed E-state index contributed by atoms with van der Waals surface area (Å²) in [4.78, 5) is 22.2. The van der Waals surface area contributed by atoms with Gasteiger partial charge >= 0.3 is 12.1 Å². The minimum absolute atomic E-state index is 0.0333. The fourth-order valence-corrected chi connectivity index (χ4v) is 2.22. The Bertz CT molecular complexity index is 872. The zero-order valence-electron chi connectivity index (χ0n) is 14.3. The third kappa shape index (κ3) is 5.09. The number of nitrogens with one attached hydrogen (secondary N) is 1. The molecule has 0 aliphatic heterocycles. The van der Waals surface area contributed by atoms with E-state index in [2.05, 4.69) is 5.32 Å². The van der Waals surface area contributed by atoms with Gasteiger partial charge in [-0.15, -0.1) is 0 Å². The van der Waals surface area contributed by atoms with E-state index >= 15 is 0 Å². The summed E-state index contributed by atoms with van der Waals surface area (Å²) >= 11 is 0. The van der Waals surface area contributed by atoms with Crippen molar-refractivity contribution in [1.29, 1.82) is 0 Å². The molecule has 1 amide bonds. The van der Waals surface area contributed by atoms with Gasteiger partial charge in [0.1, 0.15) is 12.2 Å². The predicted octanol–water partition coefficient (Wildman–Crippen LogP) is 4.27. The first kappa shape index (κ1) is 20.9. The minimum atomic E-state index is -2.12. The summed E-state index contributed by atoms with van der Waals surface area (Å²) in [7, 11) is 0. The van der Waals surface area contributed by atoms with Gasteiger partial charge in [-0.25, -0.2) is 27.2 Å². The number of hydrogen-bond donors (Lipinski definition) is 2. The smallest absolute Gasteiger partial charge is 0.407 e. The lowest BCUT2D eigenvalue weighted by Gasteiger charge is -2.07. The number of carbonyl (C=O) groups excluding carboxylic acids is 1. The van der Waals surface area contributed by atoms with Crippen LogP contribution in [0.15, 0.2) is 36.4 Å². The fourth-order valence-electron chi connectivity index (χ4n) is 2.22. The summed E-state index contributed by atoms with van der Waals surface area (Å²) in [5.41, 5.74) is -1.96. The van der Waals surface area contributed by atoms with Crippen LogP contribution in [0.2, 0.25) is 0 Å². The zero-order valence-corrected chi connectivity index (χ0v) is 14.3. The van der Waals surface area contributed by atoms with Crippen LogP contribution in [0.25, 0.3) is 6.08 Å². The number of rotatable bonds is 7. The molecule has 28 heavy (non-hydrogen) atoms. The summed E-state index contributed by atoms with van der Waals surface area (Å²) in [5, 5.41) is 11.0. The maximum Gasteiger partial charge on any atom is 0.407 e. The van der Waals surface area contributed by atoms with E-state index in [1.807, 2.05) is 6.07 Å². The summed E-state index contributed by atoms with van der Waals surface area (Å²) in [5.74, 6) is -9.74. The van der Waals surface area contributed by atoms with Crippen molar-refractivity contribution >= 4 is 18.1 Å². The van der Waals surface area contributed by atoms with E-state index in [1.54, 1.807) is 24.3 Å². The molecule has 148 valence electrons. The number of carboxylic acids is 1.